The van der Waals surface area contributed by atoms with Crippen LogP contribution in [0.15, 0.2) is 63.9 Å². The number of para-hydroxylation sites is 1. The van der Waals surface area contributed by atoms with Gasteiger partial charge in [-0.15, -0.1) is 0 Å². The number of rotatable bonds is 5. The lowest BCUT2D eigenvalue weighted by molar-refractivity contribution is 0.0727. The number of sulfonamides is 1. The van der Waals surface area contributed by atoms with E-state index < -0.39 is 10.0 Å². The summed E-state index contributed by atoms with van der Waals surface area (Å²) in [5, 5.41) is 0.983. The van der Waals surface area contributed by atoms with Crippen LogP contribution in [0.2, 0.25) is 0 Å². The topological polar surface area (TPSA) is 79.6 Å². The highest BCUT2D eigenvalue weighted by molar-refractivity contribution is 7.89. The maximum Gasteiger partial charge on any atom is 0.254 e. The van der Waals surface area contributed by atoms with Crippen LogP contribution in [0.5, 0.6) is 0 Å². The minimum Gasteiger partial charge on any atom is -0.459 e. The zero-order valence-corrected chi connectivity index (χ0v) is 15.6. The summed E-state index contributed by atoms with van der Waals surface area (Å²) < 4.78 is 31.6. The molecule has 7 heteroatoms. The molecular weight excluding hydrogens is 352 g/mol. The van der Waals surface area contributed by atoms with Gasteiger partial charge < -0.3 is 9.32 Å². The number of benzene rings is 2. The van der Waals surface area contributed by atoms with Crippen LogP contribution in [0.4, 0.5) is 0 Å². The van der Waals surface area contributed by atoms with Crippen LogP contribution in [-0.2, 0) is 10.0 Å². The van der Waals surface area contributed by atoms with Crippen LogP contribution >= 0.6 is 0 Å². The molecule has 1 N–H and O–H groups in total. The summed E-state index contributed by atoms with van der Waals surface area (Å²) >= 11 is 0. The summed E-state index contributed by atoms with van der Waals surface area (Å²) in [4.78, 5) is 14.4. The first-order valence-electron chi connectivity index (χ1n) is 8.13. The van der Waals surface area contributed by atoms with Crippen molar-refractivity contribution in [3.05, 3.63) is 65.9 Å². The molecule has 1 unspecified atom stereocenters. The number of nitrogens with zero attached hydrogens (tertiary/aromatic N) is 1. The van der Waals surface area contributed by atoms with E-state index in [2.05, 4.69) is 4.72 Å². The van der Waals surface area contributed by atoms with Gasteiger partial charge >= 0.3 is 0 Å². The van der Waals surface area contributed by atoms with Crippen LogP contribution in [0.25, 0.3) is 11.0 Å². The molecule has 0 aliphatic heterocycles. The molecular formula is C19H20N2O4S. The zero-order chi connectivity index (χ0) is 18.9. The number of fused-ring (bicyclic) bond motifs is 1. The highest BCUT2D eigenvalue weighted by atomic mass is 32.2. The van der Waals surface area contributed by atoms with E-state index in [9.17, 15) is 13.2 Å². The Morgan fingerprint density at radius 1 is 1.12 bits per heavy atom. The van der Waals surface area contributed by atoms with Crippen LogP contribution in [-0.4, -0.2) is 33.3 Å². The number of carbonyl (C=O) groups excluding carboxylic acids is 1. The smallest absolute Gasteiger partial charge is 0.254 e. The second-order valence-corrected chi connectivity index (χ2v) is 7.90. The molecule has 0 radical (unpaired) electrons. The molecule has 2 aromatic carbocycles. The second kappa shape index (κ2) is 6.93. The van der Waals surface area contributed by atoms with E-state index in [1.54, 1.807) is 11.9 Å². The summed E-state index contributed by atoms with van der Waals surface area (Å²) in [7, 11) is -0.488. The Morgan fingerprint density at radius 3 is 2.38 bits per heavy atom. The van der Waals surface area contributed by atoms with Crippen molar-refractivity contribution in [2.24, 2.45) is 0 Å². The molecule has 136 valence electrons. The summed E-state index contributed by atoms with van der Waals surface area (Å²) in [5.74, 6) is 0.475. The van der Waals surface area contributed by atoms with E-state index in [1.807, 2.05) is 37.3 Å². The predicted molar refractivity (Wildman–Crippen MR) is 99.4 cm³/mol. The monoisotopic (exact) mass is 372 g/mol. The molecule has 0 aliphatic carbocycles. The third-order valence-electron chi connectivity index (χ3n) is 4.44. The molecule has 3 rings (SSSR count). The third kappa shape index (κ3) is 3.36. The van der Waals surface area contributed by atoms with E-state index in [0.717, 1.165) is 11.0 Å². The van der Waals surface area contributed by atoms with Crippen LogP contribution in [0.1, 0.15) is 29.1 Å². The van der Waals surface area contributed by atoms with Crippen molar-refractivity contribution in [2.45, 2.75) is 17.9 Å². The fourth-order valence-corrected chi connectivity index (χ4v) is 3.40. The fourth-order valence-electron chi connectivity index (χ4n) is 2.67. The Hall–Kier alpha value is -2.64. The van der Waals surface area contributed by atoms with E-state index in [-0.39, 0.29) is 16.8 Å². The number of furan rings is 1. The minimum absolute atomic E-state index is 0.115. The SMILES string of the molecule is CNS(=O)(=O)c1ccc(C(=O)N(C)C(C)c2cc3ccccc3o2)cc1. The van der Waals surface area contributed by atoms with E-state index in [4.69, 9.17) is 4.42 Å². The molecule has 0 fully saturated rings. The summed E-state index contributed by atoms with van der Waals surface area (Å²) in [6, 6.07) is 15.2. The first-order chi connectivity index (χ1) is 12.3. The summed E-state index contributed by atoms with van der Waals surface area (Å²) in [6.07, 6.45) is 0. The molecule has 1 heterocycles. The number of amides is 1. The Balaban J connectivity index is 1.82. The van der Waals surface area contributed by atoms with Crippen LogP contribution in [0, 0.1) is 0 Å². The lowest BCUT2D eigenvalue weighted by Gasteiger charge is -2.23. The summed E-state index contributed by atoms with van der Waals surface area (Å²) in [6.45, 7) is 1.88. The Morgan fingerprint density at radius 2 is 1.77 bits per heavy atom. The first kappa shape index (κ1) is 18.2. The molecule has 6 nitrogen and oxygen atoms in total. The highest BCUT2D eigenvalue weighted by Gasteiger charge is 2.22. The molecule has 1 atom stereocenters. The van der Waals surface area contributed by atoms with Gasteiger partial charge in [0.05, 0.1) is 10.9 Å². The van der Waals surface area contributed by atoms with Gasteiger partial charge in [-0.25, -0.2) is 13.1 Å². The molecule has 0 saturated carbocycles. The zero-order valence-electron chi connectivity index (χ0n) is 14.8. The maximum absolute atomic E-state index is 12.7. The molecule has 0 spiro atoms. The molecule has 1 amide bonds. The second-order valence-electron chi connectivity index (χ2n) is 6.01. The fraction of sp³-hybridized carbons (Fsp3) is 0.211. The Kier molecular flexibility index (Phi) is 4.84. The number of nitrogens with one attached hydrogen (secondary N) is 1. The average Bonchev–Trinajstić information content (AvgIpc) is 3.10. The van der Waals surface area contributed by atoms with Crippen LogP contribution < -0.4 is 4.72 Å². The molecule has 0 saturated heterocycles. The number of hydrogen-bond donors (Lipinski definition) is 1. The summed E-state index contributed by atoms with van der Waals surface area (Å²) in [5.41, 5.74) is 1.18. The molecule has 0 aliphatic rings. The van der Waals surface area contributed by atoms with Crippen molar-refractivity contribution in [1.82, 2.24) is 9.62 Å². The molecule has 0 bridgehead atoms. The standard InChI is InChI=1S/C19H20N2O4S/c1-13(18-12-15-6-4-5-7-17(15)25-18)21(3)19(22)14-8-10-16(11-9-14)26(23,24)20-2/h4-13,20H,1-3H3. The molecule has 3 aromatic rings. The van der Waals surface area contributed by atoms with Crippen molar-refractivity contribution in [3.8, 4) is 0 Å². The van der Waals surface area contributed by atoms with Gasteiger partial charge in [0, 0.05) is 18.0 Å². The normalized spacial score (nSPS) is 12.9. The third-order valence-corrected chi connectivity index (χ3v) is 5.87. The minimum atomic E-state index is -3.52. The lowest BCUT2D eigenvalue weighted by atomic mass is 10.1. The van der Waals surface area contributed by atoms with Gasteiger partial charge in [0.2, 0.25) is 10.0 Å². The van der Waals surface area contributed by atoms with Gasteiger partial charge in [0.15, 0.2) is 0 Å². The first-order valence-corrected chi connectivity index (χ1v) is 9.61. The van der Waals surface area contributed by atoms with Crippen molar-refractivity contribution < 1.29 is 17.6 Å². The largest absolute Gasteiger partial charge is 0.459 e. The van der Waals surface area contributed by atoms with E-state index in [0.29, 0.717) is 11.3 Å². The maximum atomic E-state index is 12.7. The van der Waals surface area contributed by atoms with Crippen molar-refractivity contribution >= 4 is 26.9 Å². The molecule has 1 aromatic heterocycles. The highest BCUT2D eigenvalue weighted by Crippen LogP contribution is 2.27. The molecule has 26 heavy (non-hydrogen) atoms. The van der Waals surface area contributed by atoms with E-state index in [1.165, 1.54) is 31.3 Å². The predicted octanol–water partition coefficient (Wildman–Crippen LogP) is 3.17. The quantitative estimate of drug-likeness (QED) is 0.746. The number of carbonyl (C=O) groups is 1. The van der Waals surface area contributed by atoms with Gasteiger partial charge in [0.25, 0.3) is 5.91 Å². The Bertz CT molecular complexity index is 1010. The van der Waals surface area contributed by atoms with Gasteiger partial charge in [-0.1, -0.05) is 18.2 Å². The van der Waals surface area contributed by atoms with Crippen molar-refractivity contribution in [1.29, 1.82) is 0 Å². The van der Waals surface area contributed by atoms with Gasteiger partial charge in [0.1, 0.15) is 11.3 Å². The van der Waals surface area contributed by atoms with Crippen LogP contribution in [0.3, 0.4) is 0 Å². The number of hydrogen-bond acceptors (Lipinski definition) is 4. The van der Waals surface area contributed by atoms with Crippen molar-refractivity contribution in [2.75, 3.05) is 14.1 Å². The van der Waals surface area contributed by atoms with E-state index >= 15 is 0 Å². The van der Waals surface area contributed by atoms with Gasteiger partial charge in [-0.05, 0) is 50.4 Å². The lowest BCUT2D eigenvalue weighted by Crippen LogP contribution is -2.29. The van der Waals surface area contributed by atoms with Gasteiger partial charge in [-0.2, -0.15) is 0 Å². The van der Waals surface area contributed by atoms with Crippen molar-refractivity contribution in [3.63, 3.8) is 0 Å². The Labute approximate surface area is 152 Å². The average molecular weight is 372 g/mol. The van der Waals surface area contributed by atoms with Gasteiger partial charge in [-0.3, -0.25) is 4.79 Å².